The molecule has 0 bridgehead atoms. The third kappa shape index (κ3) is 2.28. The van der Waals surface area contributed by atoms with Crippen LogP contribution >= 0.6 is 0 Å². The van der Waals surface area contributed by atoms with Gasteiger partial charge in [0.05, 0.1) is 16.4 Å². The van der Waals surface area contributed by atoms with Crippen molar-refractivity contribution in [3.05, 3.63) is 52.7 Å². The van der Waals surface area contributed by atoms with Crippen molar-refractivity contribution < 1.29 is 4.74 Å². The van der Waals surface area contributed by atoms with Crippen LogP contribution in [0, 0.1) is 0 Å². The Kier molecular flexibility index (Phi) is 3.62. The SMILES string of the molecule is CNCCOc1cccc2c1c(=O)c1ccccc1n2C. The van der Waals surface area contributed by atoms with E-state index in [-0.39, 0.29) is 5.43 Å². The maximum absolute atomic E-state index is 12.8. The van der Waals surface area contributed by atoms with Crippen molar-refractivity contribution in [3.8, 4) is 5.75 Å². The number of nitrogens with zero attached hydrogens (tertiary/aromatic N) is 1. The third-order valence-corrected chi connectivity index (χ3v) is 3.71. The van der Waals surface area contributed by atoms with E-state index in [1.807, 2.05) is 61.1 Å². The maximum atomic E-state index is 12.8. The minimum atomic E-state index is 0.0266. The minimum absolute atomic E-state index is 0.0266. The van der Waals surface area contributed by atoms with Crippen LogP contribution in [-0.4, -0.2) is 24.8 Å². The number of likely N-dealkylation sites (N-methyl/N-ethyl adjacent to an activating group) is 1. The highest BCUT2D eigenvalue weighted by molar-refractivity contribution is 5.96. The summed E-state index contributed by atoms with van der Waals surface area (Å²) < 4.78 is 7.81. The molecule has 0 aliphatic carbocycles. The normalized spacial score (nSPS) is 11.1. The fourth-order valence-electron chi connectivity index (χ4n) is 2.63. The van der Waals surface area contributed by atoms with Crippen LogP contribution in [0.4, 0.5) is 0 Å². The standard InChI is InChI=1S/C17H18N2O2/c1-18-10-11-21-15-9-5-8-14-16(15)17(20)12-6-3-4-7-13(12)19(14)2/h3-9,18H,10-11H2,1-2H3. The van der Waals surface area contributed by atoms with Crippen LogP contribution < -0.4 is 15.5 Å². The zero-order chi connectivity index (χ0) is 14.8. The van der Waals surface area contributed by atoms with Gasteiger partial charge in [-0.15, -0.1) is 0 Å². The minimum Gasteiger partial charge on any atom is -0.491 e. The lowest BCUT2D eigenvalue weighted by Crippen LogP contribution is -2.17. The number of hydrogen-bond donors (Lipinski definition) is 1. The van der Waals surface area contributed by atoms with Gasteiger partial charge in [0, 0.05) is 19.0 Å². The molecule has 0 aliphatic heterocycles. The van der Waals surface area contributed by atoms with Crippen LogP contribution in [0.3, 0.4) is 0 Å². The predicted molar refractivity (Wildman–Crippen MR) is 86.1 cm³/mol. The predicted octanol–water partition coefficient (Wildman–Crippen LogP) is 2.29. The molecule has 4 heteroatoms. The first kappa shape index (κ1) is 13.6. The van der Waals surface area contributed by atoms with Crippen molar-refractivity contribution in [2.45, 2.75) is 0 Å². The number of hydrogen-bond acceptors (Lipinski definition) is 3. The molecular formula is C17H18N2O2. The zero-order valence-corrected chi connectivity index (χ0v) is 12.2. The van der Waals surface area contributed by atoms with Crippen LogP contribution in [0.1, 0.15) is 0 Å². The number of nitrogens with one attached hydrogen (secondary N) is 1. The first-order chi connectivity index (χ1) is 10.2. The van der Waals surface area contributed by atoms with Crippen molar-refractivity contribution in [2.24, 2.45) is 7.05 Å². The number of rotatable bonds is 4. The van der Waals surface area contributed by atoms with E-state index >= 15 is 0 Å². The average molecular weight is 282 g/mol. The summed E-state index contributed by atoms with van der Waals surface area (Å²) in [5, 5.41) is 4.40. The Morgan fingerprint density at radius 2 is 1.86 bits per heavy atom. The molecule has 0 atom stereocenters. The van der Waals surface area contributed by atoms with E-state index in [4.69, 9.17) is 4.74 Å². The fraction of sp³-hybridized carbons (Fsp3) is 0.235. The summed E-state index contributed by atoms with van der Waals surface area (Å²) in [6.07, 6.45) is 0. The molecule has 0 radical (unpaired) electrons. The van der Waals surface area contributed by atoms with Crippen LogP contribution in [-0.2, 0) is 7.05 Å². The lowest BCUT2D eigenvalue weighted by molar-refractivity contribution is 0.322. The van der Waals surface area contributed by atoms with Crippen molar-refractivity contribution in [2.75, 3.05) is 20.2 Å². The quantitative estimate of drug-likeness (QED) is 0.590. The van der Waals surface area contributed by atoms with E-state index in [1.165, 1.54) is 0 Å². The summed E-state index contributed by atoms with van der Waals surface area (Å²) in [7, 11) is 3.85. The van der Waals surface area contributed by atoms with Gasteiger partial charge in [-0.05, 0) is 31.3 Å². The van der Waals surface area contributed by atoms with Gasteiger partial charge in [0.2, 0.25) is 5.43 Å². The lowest BCUT2D eigenvalue weighted by Gasteiger charge is -2.13. The molecule has 3 rings (SSSR count). The molecule has 0 aliphatic rings. The number of fused-ring (bicyclic) bond motifs is 2. The van der Waals surface area contributed by atoms with Gasteiger partial charge in [-0.1, -0.05) is 18.2 Å². The molecule has 21 heavy (non-hydrogen) atoms. The van der Waals surface area contributed by atoms with Gasteiger partial charge in [-0.3, -0.25) is 4.79 Å². The summed E-state index contributed by atoms with van der Waals surface area (Å²) >= 11 is 0. The monoisotopic (exact) mass is 282 g/mol. The van der Waals surface area contributed by atoms with E-state index in [0.29, 0.717) is 17.7 Å². The molecule has 1 heterocycles. The average Bonchev–Trinajstić information content (AvgIpc) is 2.53. The van der Waals surface area contributed by atoms with Crippen LogP contribution in [0.5, 0.6) is 5.75 Å². The molecule has 0 spiro atoms. The highest BCUT2D eigenvalue weighted by atomic mass is 16.5. The Bertz CT molecular complexity index is 852. The molecule has 2 aromatic carbocycles. The smallest absolute Gasteiger partial charge is 0.200 e. The molecule has 1 N–H and O–H groups in total. The van der Waals surface area contributed by atoms with Gasteiger partial charge < -0.3 is 14.6 Å². The summed E-state index contributed by atoms with van der Waals surface area (Å²) in [4.78, 5) is 12.8. The molecule has 0 amide bonds. The summed E-state index contributed by atoms with van der Waals surface area (Å²) in [5.41, 5.74) is 1.85. The molecule has 0 saturated carbocycles. The van der Waals surface area contributed by atoms with Crippen molar-refractivity contribution in [3.63, 3.8) is 0 Å². The highest BCUT2D eigenvalue weighted by Crippen LogP contribution is 2.25. The van der Waals surface area contributed by atoms with E-state index in [2.05, 4.69) is 5.32 Å². The Hall–Kier alpha value is -2.33. The van der Waals surface area contributed by atoms with Crippen molar-refractivity contribution in [1.82, 2.24) is 9.88 Å². The Morgan fingerprint density at radius 3 is 2.67 bits per heavy atom. The number of aromatic nitrogens is 1. The summed E-state index contributed by atoms with van der Waals surface area (Å²) in [6.45, 7) is 1.27. The van der Waals surface area contributed by atoms with Gasteiger partial charge in [-0.25, -0.2) is 0 Å². The molecule has 0 saturated heterocycles. The number of aryl methyl sites for hydroxylation is 1. The first-order valence-corrected chi connectivity index (χ1v) is 7.02. The number of para-hydroxylation sites is 1. The van der Waals surface area contributed by atoms with Gasteiger partial charge in [0.15, 0.2) is 0 Å². The van der Waals surface area contributed by atoms with Crippen LogP contribution in [0.25, 0.3) is 21.8 Å². The molecule has 108 valence electrons. The molecule has 1 aromatic heterocycles. The summed E-state index contributed by atoms with van der Waals surface area (Å²) in [6, 6.07) is 13.4. The zero-order valence-electron chi connectivity index (χ0n) is 12.2. The van der Waals surface area contributed by atoms with Gasteiger partial charge in [0.25, 0.3) is 0 Å². The van der Waals surface area contributed by atoms with Crippen molar-refractivity contribution >= 4 is 21.8 Å². The van der Waals surface area contributed by atoms with Gasteiger partial charge >= 0.3 is 0 Å². The highest BCUT2D eigenvalue weighted by Gasteiger charge is 2.12. The molecule has 0 unspecified atom stereocenters. The van der Waals surface area contributed by atoms with E-state index in [9.17, 15) is 4.79 Å². The topological polar surface area (TPSA) is 43.3 Å². The molecule has 4 nitrogen and oxygen atoms in total. The van der Waals surface area contributed by atoms with Gasteiger partial charge in [0.1, 0.15) is 12.4 Å². The van der Waals surface area contributed by atoms with Crippen LogP contribution in [0.2, 0.25) is 0 Å². The second-order valence-electron chi connectivity index (χ2n) is 5.01. The molecular weight excluding hydrogens is 264 g/mol. The van der Waals surface area contributed by atoms with Crippen molar-refractivity contribution in [1.29, 1.82) is 0 Å². The third-order valence-electron chi connectivity index (χ3n) is 3.71. The largest absolute Gasteiger partial charge is 0.491 e. The number of pyridine rings is 1. The second kappa shape index (κ2) is 5.58. The second-order valence-corrected chi connectivity index (χ2v) is 5.01. The maximum Gasteiger partial charge on any atom is 0.200 e. The van der Waals surface area contributed by atoms with E-state index in [0.717, 1.165) is 23.0 Å². The molecule has 0 fully saturated rings. The Balaban J connectivity index is 2.30. The lowest BCUT2D eigenvalue weighted by atomic mass is 10.1. The van der Waals surface area contributed by atoms with E-state index in [1.54, 1.807) is 0 Å². The molecule has 3 aromatic rings. The first-order valence-electron chi connectivity index (χ1n) is 7.02. The summed E-state index contributed by atoms with van der Waals surface area (Å²) in [5.74, 6) is 0.647. The van der Waals surface area contributed by atoms with E-state index < -0.39 is 0 Å². The Labute approximate surface area is 123 Å². The van der Waals surface area contributed by atoms with Gasteiger partial charge in [-0.2, -0.15) is 0 Å². The number of benzene rings is 2. The van der Waals surface area contributed by atoms with Crippen LogP contribution in [0.15, 0.2) is 47.3 Å². The number of ether oxygens (including phenoxy) is 1. The fourth-order valence-corrected chi connectivity index (χ4v) is 2.63. The Morgan fingerprint density at radius 1 is 1.10 bits per heavy atom.